The molecule has 1 aromatic heterocycles. The van der Waals surface area contributed by atoms with E-state index in [1.54, 1.807) is 18.2 Å². The second-order valence-corrected chi connectivity index (χ2v) is 6.02. The second kappa shape index (κ2) is 8.36. The van der Waals surface area contributed by atoms with Crippen LogP contribution in [0.3, 0.4) is 0 Å². The molecule has 0 aliphatic carbocycles. The van der Waals surface area contributed by atoms with E-state index in [0.717, 1.165) is 5.69 Å². The van der Waals surface area contributed by atoms with Crippen LogP contribution in [0.5, 0.6) is 11.5 Å². The lowest BCUT2D eigenvalue weighted by atomic mass is 10.1. The van der Waals surface area contributed by atoms with Crippen LogP contribution < -0.4 is 10.1 Å². The molecular formula is C21H22N2O3. The number of hydrogen-bond acceptors (Lipinski definition) is 3. The highest BCUT2D eigenvalue weighted by Gasteiger charge is 2.14. The van der Waals surface area contributed by atoms with Gasteiger partial charge in [-0.05, 0) is 42.8 Å². The number of para-hydroxylation sites is 2. The Bertz CT molecular complexity index is 858. The highest BCUT2D eigenvalue weighted by Crippen LogP contribution is 2.25. The number of amides is 1. The Labute approximate surface area is 152 Å². The molecule has 5 nitrogen and oxygen atoms in total. The van der Waals surface area contributed by atoms with E-state index < -0.39 is 6.10 Å². The zero-order valence-corrected chi connectivity index (χ0v) is 14.6. The van der Waals surface area contributed by atoms with E-state index in [1.165, 1.54) is 0 Å². The van der Waals surface area contributed by atoms with Crippen LogP contribution >= 0.6 is 0 Å². The van der Waals surface area contributed by atoms with Crippen LogP contribution in [0.15, 0.2) is 72.9 Å². The first kappa shape index (κ1) is 17.8. The number of nitrogens with one attached hydrogen (secondary N) is 1. The van der Waals surface area contributed by atoms with Gasteiger partial charge in [0, 0.05) is 25.5 Å². The number of aromatic nitrogens is 1. The average molecular weight is 350 g/mol. The highest BCUT2D eigenvalue weighted by molar-refractivity contribution is 5.97. The number of aliphatic hydroxyl groups excluding tert-OH is 1. The average Bonchev–Trinajstić information content (AvgIpc) is 3.09. The number of nitrogens with zero attached hydrogens (tertiary/aromatic N) is 1. The fourth-order valence-corrected chi connectivity index (χ4v) is 2.74. The largest absolute Gasteiger partial charge is 0.457 e. The Morgan fingerprint density at radius 1 is 1.08 bits per heavy atom. The first-order valence-corrected chi connectivity index (χ1v) is 8.54. The van der Waals surface area contributed by atoms with Crippen molar-refractivity contribution >= 4 is 5.91 Å². The molecule has 2 aromatic carbocycles. The van der Waals surface area contributed by atoms with Crippen LogP contribution in [-0.2, 0) is 7.05 Å². The number of carbonyl (C=O) groups is 1. The van der Waals surface area contributed by atoms with Gasteiger partial charge in [0.25, 0.3) is 5.91 Å². The van der Waals surface area contributed by atoms with E-state index in [1.807, 2.05) is 66.3 Å². The molecular weight excluding hydrogens is 328 g/mol. The maximum Gasteiger partial charge on any atom is 0.255 e. The first-order chi connectivity index (χ1) is 12.6. The number of benzene rings is 2. The van der Waals surface area contributed by atoms with Gasteiger partial charge in [-0.25, -0.2) is 0 Å². The van der Waals surface area contributed by atoms with Crippen molar-refractivity contribution in [2.24, 2.45) is 7.05 Å². The molecule has 0 bridgehead atoms. The Kier molecular flexibility index (Phi) is 5.71. The molecule has 0 aliphatic rings. The van der Waals surface area contributed by atoms with Crippen LogP contribution in [0.4, 0.5) is 0 Å². The van der Waals surface area contributed by atoms with Gasteiger partial charge >= 0.3 is 0 Å². The Balaban J connectivity index is 1.60. The second-order valence-electron chi connectivity index (χ2n) is 6.02. The number of hydrogen-bond donors (Lipinski definition) is 2. The third-order valence-electron chi connectivity index (χ3n) is 4.13. The van der Waals surface area contributed by atoms with Crippen LogP contribution in [0.2, 0.25) is 0 Å². The van der Waals surface area contributed by atoms with E-state index >= 15 is 0 Å². The number of aliphatic hydroxyl groups is 1. The maximum atomic E-state index is 12.5. The molecule has 26 heavy (non-hydrogen) atoms. The van der Waals surface area contributed by atoms with Gasteiger partial charge in [-0.3, -0.25) is 4.79 Å². The van der Waals surface area contributed by atoms with Crippen molar-refractivity contribution in [3.63, 3.8) is 0 Å². The maximum absolute atomic E-state index is 12.5. The summed E-state index contributed by atoms with van der Waals surface area (Å²) < 4.78 is 7.69. The fraction of sp³-hybridized carbons (Fsp3) is 0.190. The van der Waals surface area contributed by atoms with Crippen molar-refractivity contribution in [2.75, 3.05) is 6.54 Å². The zero-order valence-electron chi connectivity index (χ0n) is 14.6. The van der Waals surface area contributed by atoms with E-state index in [9.17, 15) is 9.90 Å². The standard InChI is InChI=1S/C21H22N2O3/c1-23-15-7-11-18(23)19(24)13-14-22-21(25)17-10-5-6-12-20(17)26-16-8-3-2-4-9-16/h2-12,15,19,24H,13-14H2,1H3,(H,22,25). The summed E-state index contributed by atoms with van der Waals surface area (Å²) in [6, 6.07) is 20.2. The molecule has 3 rings (SSSR count). The van der Waals surface area contributed by atoms with Gasteiger partial charge in [0.15, 0.2) is 0 Å². The Hall–Kier alpha value is -3.05. The minimum Gasteiger partial charge on any atom is -0.457 e. The van der Waals surface area contributed by atoms with Crippen LogP contribution in [0, 0.1) is 0 Å². The van der Waals surface area contributed by atoms with Gasteiger partial charge < -0.3 is 19.7 Å². The minimum absolute atomic E-state index is 0.226. The van der Waals surface area contributed by atoms with Gasteiger partial charge in [-0.2, -0.15) is 0 Å². The van der Waals surface area contributed by atoms with E-state index in [4.69, 9.17) is 4.74 Å². The van der Waals surface area contributed by atoms with Crippen molar-refractivity contribution in [3.05, 3.63) is 84.2 Å². The third-order valence-corrected chi connectivity index (χ3v) is 4.13. The number of rotatable bonds is 7. The van der Waals surface area contributed by atoms with Crippen molar-refractivity contribution in [1.29, 1.82) is 0 Å². The summed E-state index contributed by atoms with van der Waals surface area (Å²) in [7, 11) is 1.88. The zero-order chi connectivity index (χ0) is 18.4. The molecule has 0 spiro atoms. The monoisotopic (exact) mass is 350 g/mol. The van der Waals surface area contributed by atoms with E-state index in [2.05, 4.69) is 5.32 Å². The summed E-state index contributed by atoms with van der Waals surface area (Å²) in [6.07, 6.45) is 1.70. The van der Waals surface area contributed by atoms with E-state index in [-0.39, 0.29) is 5.91 Å². The van der Waals surface area contributed by atoms with Crippen molar-refractivity contribution in [3.8, 4) is 11.5 Å². The molecule has 134 valence electrons. The molecule has 0 saturated carbocycles. The summed E-state index contributed by atoms with van der Waals surface area (Å²) in [6.45, 7) is 0.366. The van der Waals surface area contributed by atoms with Gasteiger partial charge in [-0.15, -0.1) is 0 Å². The minimum atomic E-state index is -0.619. The molecule has 2 N–H and O–H groups in total. The SMILES string of the molecule is Cn1cccc1C(O)CCNC(=O)c1ccccc1Oc1ccccc1. The lowest BCUT2D eigenvalue weighted by molar-refractivity contribution is 0.0939. The summed E-state index contributed by atoms with van der Waals surface area (Å²) in [5, 5.41) is 13.1. The van der Waals surface area contributed by atoms with E-state index in [0.29, 0.717) is 30.0 Å². The lowest BCUT2D eigenvalue weighted by Crippen LogP contribution is -2.26. The molecule has 5 heteroatoms. The molecule has 3 aromatic rings. The lowest BCUT2D eigenvalue weighted by Gasteiger charge is -2.14. The molecule has 1 amide bonds. The van der Waals surface area contributed by atoms with Gasteiger partial charge in [0.2, 0.25) is 0 Å². The molecule has 0 fully saturated rings. The van der Waals surface area contributed by atoms with Crippen LogP contribution in [0.1, 0.15) is 28.6 Å². The molecule has 1 atom stereocenters. The Morgan fingerprint density at radius 3 is 2.54 bits per heavy atom. The number of aryl methyl sites for hydroxylation is 1. The third kappa shape index (κ3) is 4.32. The quantitative estimate of drug-likeness (QED) is 0.683. The summed E-state index contributed by atoms with van der Waals surface area (Å²) in [4.78, 5) is 12.5. The number of ether oxygens (including phenoxy) is 1. The smallest absolute Gasteiger partial charge is 0.255 e. The van der Waals surface area contributed by atoms with Crippen molar-refractivity contribution in [1.82, 2.24) is 9.88 Å². The molecule has 0 saturated heterocycles. The molecule has 1 unspecified atom stereocenters. The predicted molar refractivity (Wildman–Crippen MR) is 100 cm³/mol. The van der Waals surface area contributed by atoms with Gasteiger partial charge in [0.1, 0.15) is 11.5 Å². The molecule has 0 radical (unpaired) electrons. The van der Waals surface area contributed by atoms with Crippen molar-refractivity contribution < 1.29 is 14.6 Å². The first-order valence-electron chi connectivity index (χ1n) is 8.54. The number of carbonyl (C=O) groups excluding carboxylic acids is 1. The molecule has 1 heterocycles. The topological polar surface area (TPSA) is 63.5 Å². The molecule has 0 aliphatic heterocycles. The van der Waals surface area contributed by atoms with Crippen molar-refractivity contribution in [2.45, 2.75) is 12.5 Å². The summed E-state index contributed by atoms with van der Waals surface area (Å²) >= 11 is 0. The van der Waals surface area contributed by atoms with Crippen LogP contribution in [0.25, 0.3) is 0 Å². The van der Waals surface area contributed by atoms with Crippen LogP contribution in [-0.4, -0.2) is 22.1 Å². The fourth-order valence-electron chi connectivity index (χ4n) is 2.74. The van der Waals surface area contributed by atoms with Gasteiger partial charge in [0.05, 0.1) is 11.7 Å². The van der Waals surface area contributed by atoms with Gasteiger partial charge in [-0.1, -0.05) is 30.3 Å². The highest BCUT2D eigenvalue weighted by atomic mass is 16.5. The normalized spacial score (nSPS) is 11.8. The summed E-state index contributed by atoms with van der Waals surface area (Å²) in [5.74, 6) is 0.946. The Morgan fingerprint density at radius 2 is 1.81 bits per heavy atom. The summed E-state index contributed by atoms with van der Waals surface area (Å²) in [5.41, 5.74) is 1.29. The predicted octanol–water partition coefficient (Wildman–Crippen LogP) is 3.67.